The van der Waals surface area contributed by atoms with Crippen LogP contribution in [0.25, 0.3) is 0 Å². The van der Waals surface area contributed by atoms with Crippen molar-refractivity contribution in [3.63, 3.8) is 0 Å². The van der Waals surface area contributed by atoms with Crippen molar-refractivity contribution in [3.05, 3.63) is 12.4 Å². The van der Waals surface area contributed by atoms with Gasteiger partial charge < -0.3 is 15.0 Å². The topological polar surface area (TPSA) is 67.3 Å². The molecule has 2 rings (SSSR count). The summed E-state index contributed by atoms with van der Waals surface area (Å²) >= 11 is 0. The van der Waals surface area contributed by atoms with E-state index in [1.54, 1.807) is 6.07 Å². The van der Waals surface area contributed by atoms with E-state index >= 15 is 0 Å². The van der Waals surface area contributed by atoms with Crippen molar-refractivity contribution in [3.8, 4) is 5.88 Å². The fourth-order valence-electron chi connectivity index (χ4n) is 1.67. The molecule has 1 saturated heterocycles. The normalized spacial score (nSPS) is 15.7. The lowest BCUT2D eigenvalue weighted by atomic mass is 10.2. The molecular formula is C12H18N4O2. The summed E-state index contributed by atoms with van der Waals surface area (Å²) in [6.07, 6.45) is 1.47. The van der Waals surface area contributed by atoms with Gasteiger partial charge in [-0.25, -0.2) is 9.97 Å². The first kappa shape index (κ1) is 12.6. The third kappa shape index (κ3) is 3.32. The van der Waals surface area contributed by atoms with E-state index in [1.807, 2.05) is 4.90 Å². The molecule has 1 amide bonds. The first-order valence-electron chi connectivity index (χ1n) is 6.11. The molecule has 1 aromatic rings. The van der Waals surface area contributed by atoms with Crippen molar-refractivity contribution in [1.29, 1.82) is 0 Å². The molecule has 0 aliphatic carbocycles. The molecule has 1 N–H and O–H groups in total. The van der Waals surface area contributed by atoms with Crippen LogP contribution in [0.2, 0.25) is 0 Å². The molecule has 0 saturated carbocycles. The Morgan fingerprint density at radius 2 is 2.33 bits per heavy atom. The number of carbonyl (C=O) groups is 1. The van der Waals surface area contributed by atoms with Gasteiger partial charge >= 0.3 is 0 Å². The number of rotatable bonds is 4. The largest absolute Gasteiger partial charge is 0.477 e. The summed E-state index contributed by atoms with van der Waals surface area (Å²) in [5.74, 6) is 1.76. The Hall–Kier alpha value is -1.85. The van der Waals surface area contributed by atoms with E-state index < -0.39 is 0 Å². The Morgan fingerprint density at radius 3 is 3.06 bits per heavy atom. The highest BCUT2D eigenvalue weighted by Gasteiger charge is 2.18. The summed E-state index contributed by atoms with van der Waals surface area (Å²) in [6.45, 7) is 6.52. The zero-order valence-electron chi connectivity index (χ0n) is 10.7. The van der Waals surface area contributed by atoms with Crippen LogP contribution in [0.1, 0.15) is 13.8 Å². The first-order chi connectivity index (χ1) is 8.65. The summed E-state index contributed by atoms with van der Waals surface area (Å²) in [6, 6.07) is 1.78. The van der Waals surface area contributed by atoms with Gasteiger partial charge in [-0.15, -0.1) is 0 Å². The Bertz CT molecular complexity index is 422. The summed E-state index contributed by atoms with van der Waals surface area (Å²) in [4.78, 5) is 21.5. The highest BCUT2D eigenvalue weighted by atomic mass is 16.5. The van der Waals surface area contributed by atoms with Crippen LogP contribution >= 0.6 is 0 Å². The van der Waals surface area contributed by atoms with Crippen molar-refractivity contribution in [1.82, 2.24) is 15.3 Å². The van der Waals surface area contributed by atoms with Crippen molar-refractivity contribution in [2.75, 3.05) is 31.1 Å². The minimum Gasteiger partial charge on any atom is -0.477 e. The summed E-state index contributed by atoms with van der Waals surface area (Å²) in [5.41, 5.74) is 0. The van der Waals surface area contributed by atoms with E-state index in [-0.39, 0.29) is 5.91 Å². The van der Waals surface area contributed by atoms with Crippen LogP contribution in [0, 0.1) is 5.92 Å². The van der Waals surface area contributed by atoms with Crippen LogP contribution in [0.5, 0.6) is 5.88 Å². The number of amides is 1. The Kier molecular flexibility index (Phi) is 3.96. The van der Waals surface area contributed by atoms with Gasteiger partial charge in [-0.1, -0.05) is 13.8 Å². The van der Waals surface area contributed by atoms with E-state index in [4.69, 9.17) is 4.74 Å². The van der Waals surface area contributed by atoms with Gasteiger partial charge in [0, 0.05) is 19.2 Å². The number of carbonyl (C=O) groups excluding carboxylic acids is 1. The molecule has 0 spiro atoms. The number of piperazine rings is 1. The van der Waals surface area contributed by atoms with E-state index in [0.29, 0.717) is 31.5 Å². The molecule has 0 aromatic carbocycles. The molecule has 1 aromatic heterocycles. The van der Waals surface area contributed by atoms with Gasteiger partial charge in [-0.3, -0.25) is 4.79 Å². The average molecular weight is 250 g/mol. The SMILES string of the molecule is CC(C)COc1cc(N2CCNC(=O)C2)ncn1. The van der Waals surface area contributed by atoms with Crippen LogP contribution in [0.4, 0.5) is 5.82 Å². The molecule has 0 radical (unpaired) electrons. The number of nitrogens with one attached hydrogen (secondary N) is 1. The van der Waals surface area contributed by atoms with Gasteiger partial charge in [0.05, 0.1) is 13.2 Å². The molecule has 98 valence electrons. The highest BCUT2D eigenvalue weighted by molar-refractivity contribution is 5.82. The van der Waals surface area contributed by atoms with Gasteiger partial charge in [0.1, 0.15) is 12.1 Å². The predicted molar refractivity (Wildman–Crippen MR) is 67.6 cm³/mol. The molecule has 6 heteroatoms. The summed E-state index contributed by atoms with van der Waals surface area (Å²) in [7, 11) is 0. The average Bonchev–Trinajstić information content (AvgIpc) is 2.37. The number of hydrogen-bond donors (Lipinski definition) is 1. The van der Waals surface area contributed by atoms with E-state index in [0.717, 1.165) is 12.4 Å². The quantitative estimate of drug-likeness (QED) is 0.840. The lowest BCUT2D eigenvalue weighted by molar-refractivity contribution is -0.120. The number of aromatic nitrogens is 2. The minimum atomic E-state index is 0.0181. The second-order valence-corrected chi connectivity index (χ2v) is 4.69. The third-order valence-electron chi connectivity index (χ3n) is 2.55. The van der Waals surface area contributed by atoms with Crippen LogP contribution in [-0.4, -0.2) is 42.1 Å². The highest BCUT2D eigenvalue weighted by Crippen LogP contribution is 2.16. The summed E-state index contributed by atoms with van der Waals surface area (Å²) < 4.78 is 5.55. The van der Waals surface area contributed by atoms with Crippen molar-refractivity contribution in [2.45, 2.75) is 13.8 Å². The molecule has 0 bridgehead atoms. The molecule has 6 nitrogen and oxygen atoms in total. The number of ether oxygens (including phenoxy) is 1. The van der Waals surface area contributed by atoms with Gasteiger partial charge in [0.2, 0.25) is 11.8 Å². The Balaban J connectivity index is 2.04. The zero-order valence-corrected chi connectivity index (χ0v) is 10.7. The third-order valence-corrected chi connectivity index (χ3v) is 2.55. The molecule has 0 atom stereocenters. The van der Waals surface area contributed by atoms with Gasteiger partial charge in [0.25, 0.3) is 0 Å². The Morgan fingerprint density at radius 1 is 1.50 bits per heavy atom. The first-order valence-corrected chi connectivity index (χ1v) is 6.11. The van der Waals surface area contributed by atoms with Crippen LogP contribution < -0.4 is 15.0 Å². The molecule has 18 heavy (non-hydrogen) atoms. The zero-order chi connectivity index (χ0) is 13.0. The second kappa shape index (κ2) is 5.66. The van der Waals surface area contributed by atoms with Crippen molar-refractivity contribution in [2.24, 2.45) is 5.92 Å². The molecule has 1 fully saturated rings. The van der Waals surface area contributed by atoms with E-state index in [9.17, 15) is 4.79 Å². The number of hydrogen-bond acceptors (Lipinski definition) is 5. The van der Waals surface area contributed by atoms with Gasteiger partial charge in [-0.05, 0) is 5.92 Å². The minimum absolute atomic E-state index is 0.0181. The van der Waals surface area contributed by atoms with E-state index in [2.05, 4.69) is 29.1 Å². The molecule has 1 aliphatic heterocycles. The summed E-state index contributed by atoms with van der Waals surface area (Å²) in [5, 5.41) is 2.78. The van der Waals surface area contributed by atoms with Crippen LogP contribution in [0.15, 0.2) is 12.4 Å². The lowest BCUT2D eigenvalue weighted by Crippen LogP contribution is -2.48. The van der Waals surface area contributed by atoms with Gasteiger partial charge in [-0.2, -0.15) is 0 Å². The maximum atomic E-state index is 11.3. The van der Waals surface area contributed by atoms with E-state index in [1.165, 1.54) is 6.33 Å². The standard InChI is InChI=1S/C12H18N4O2/c1-9(2)7-18-12-5-10(14-8-15-12)16-4-3-13-11(17)6-16/h5,8-9H,3-4,6-7H2,1-2H3,(H,13,17). The van der Waals surface area contributed by atoms with Gasteiger partial charge in [0.15, 0.2) is 0 Å². The monoisotopic (exact) mass is 250 g/mol. The number of anilines is 1. The Labute approximate surface area is 106 Å². The molecule has 2 heterocycles. The second-order valence-electron chi connectivity index (χ2n) is 4.69. The molecule has 1 aliphatic rings. The van der Waals surface area contributed by atoms with Crippen molar-refractivity contribution >= 4 is 11.7 Å². The number of nitrogens with zero attached hydrogens (tertiary/aromatic N) is 3. The lowest BCUT2D eigenvalue weighted by Gasteiger charge is -2.27. The van der Waals surface area contributed by atoms with Crippen molar-refractivity contribution < 1.29 is 9.53 Å². The maximum Gasteiger partial charge on any atom is 0.239 e. The smallest absolute Gasteiger partial charge is 0.239 e. The predicted octanol–water partition coefficient (Wildman–Crippen LogP) is 0.448. The fraction of sp³-hybridized carbons (Fsp3) is 0.583. The molecular weight excluding hydrogens is 232 g/mol. The van der Waals surface area contributed by atoms with Crippen LogP contribution in [0.3, 0.4) is 0 Å². The maximum absolute atomic E-state index is 11.3. The fourth-order valence-corrected chi connectivity index (χ4v) is 1.67. The molecule has 0 unspecified atom stereocenters. The van der Waals surface area contributed by atoms with Crippen LogP contribution in [-0.2, 0) is 4.79 Å².